The minimum atomic E-state index is -2.97. The van der Waals surface area contributed by atoms with E-state index >= 15 is 0 Å². The Morgan fingerprint density at radius 3 is 2.28 bits per heavy atom. The van der Waals surface area contributed by atoms with Crippen molar-refractivity contribution in [3.63, 3.8) is 0 Å². The van der Waals surface area contributed by atoms with Crippen LogP contribution in [0.15, 0.2) is 24.3 Å². The maximum atomic E-state index is 12.0. The van der Waals surface area contributed by atoms with Crippen molar-refractivity contribution in [3.05, 3.63) is 35.4 Å². The van der Waals surface area contributed by atoms with Crippen LogP contribution in [0.25, 0.3) is 0 Å². The lowest BCUT2D eigenvalue weighted by Gasteiger charge is -2.11. The molecule has 7 heteroatoms. The van der Waals surface area contributed by atoms with E-state index in [4.69, 9.17) is 10.2 Å². The van der Waals surface area contributed by atoms with Crippen LogP contribution in [0.5, 0.6) is 0 Å². The van der Waals surface area contributed by atoms with Crippen LogP contribution in [-0.4, -0.2) is 41.2 Å². The zero-order valence-electron chi connectivity index (χ0n) is 9.14. The summed E-state index contributed by atoms with van der Waals surface area (Å²) >= 11 is 0. The topological polar surface area (TPSA) is 86.6 Å². The smallest absolute Gasteiger partial charge is 0.336 e. The monoisotopic (exact) mass is 259 g/mol. The number of carboxylic acid groups (broad SMARTS) is 1. The van der Waals surface area contributed by atoms with Crippen LogP contribution in [-0.2, 0) is 0 Å². The number of carbonyl (C=O) groups excluding carboxylic acids is 1. The molecule has 0 aliphatic rings. The molecule has 1 aromatic carbocycles. The first-order valence-electron chi connectivity index (χ1n) is 5.00. The molecule has 1 atom stereocenters. The van der Waals surface area contributed by atoms with E-state index in [1.54, 1.807) is 0 Å². The molecular formula is C11H11F2NO4. The number of alkyl halides is 2. The van der Waals surface area contributed by atoms with Crippen molar-refractivity contribution in [2.75, 3.05) is 6.54 Å². The van der Waals surface area contributed by atoms with Crippen molar-refractivity contribution >= 4 is 11.9 Å². The van der Waals surface area contributed by atoms with E-state index < -0.39 is 31.0 Å². The van der Waals surface area contributed by atoms with Crippen LogP contribution in [0, 0.1) is 0 Å². The van der Waals surface area contributed by atoms with E-state index in [0.717, 1.165) is 0 Å². The van der Waals surface area contributed by atoms with E-state index in [0.29, 0.717) is 0 Å². The Labute approximate surface area is 101 Å². The number of benzene rings is 1. The van der Waals surface area contributed by atoms with Crippen LogP contribution in [0.2, 0.25) is 0 Å². The molecule has 0 bridgehead atoms. The van der Waals surface area contributed by atoms with Crippen LogP contribution in [0.1, 0.15) is 20.7 Å². The van der Waals surface area contributed by atoms with Gasteiger partial charge in [-0.1, -0.05) is 12.1 Å². The lowest BCUT2D eigenvalue weighted by molar-refractivity contribution is -0.00271. The van der Waals surface area contributed by atoms with Crippen LogP contribution in [0.4, 0.5) is 8.78 Å². The van der Waals surface area contributed by atoms with Gasteiger partial charge in [-0.3, -0.25) is 4.79 Å². The molecule has 18 heavy (non-hydrogen) atoms. The largest absolute Gasteiger partial charge is 0.478 e. The third kappa shape index (κ3) is 3.49. The summed E-state index contributed by atoms with van der Waals surface area (Å²) in [5.41, 5.74) is -0.381. The number of halogens is 2. The van der Waals surface area contributed by atoms with Crippen molar-refractivity contribution in [2.24, 2.45) is 0 Å². The number of carbonyl (C=O) groups is 2. The molecule has 0 aliphatic heterocycles. The average Bonchev–Trinajstić information content (AvgIpc) is 2.35. The SMILES string of the molecule is O=C(O)c1ccccc1C(=O)NCC(O)C(F)F. The number of amides is 1. The molecule has 0 aromatic heterocycles. The molecule has 1 rings (SSSR count). The highest BCUT2D eigenvalue weighted by atomic mass is 19.3. The lowest BCUT2D eigenvalue weighted by atomic mass is 10.1. The van der Waals surface area contributed by atoms with Gasteiger partial charge in [-0.05, 0) is 12.1 Å². The molecule has 0 heterocycles. The molecule has 98 valence electrons. The van der Waals surface area contributed by atoms with Gasteiger partial charge in [0.25, 0.3) is 12.3 Å². The summed E-state index contributed by atoms with van der Waals surface area (Å²) < 4.78 is 24.0. The number of rotatable bonds is 5. The van der Waals surface area contributed by atoms with Gasteiger partial charge >= 0.3 is 5.97 Å². The van der Waals surface area contributed by atoms with Gasteiger partial charge in [0.1, 0.15) is 6.10 Å². The molecule has 1 unspecified atom stereocenters. The van der Waals surface area contributed by atoms with E-state index in [1.807, 2.05) is 5.32 Å². The Morgan fingerprint density at radius 1 is 1.22 bits per heavy atom. The van der Waals surface area contributed by atoms with Gasteiger partial charge in [0.05, 0.1) is 11.1 Å². The summed E-state index contributed by atoms with van der Waals surface area (Å²) in [6.45, 7) is -0.648. The fourth-order valence-electron chi connectivity index (χ4n) is 1.25. The highest BCUT2D eigenvalue weighted by Gasteiger charge is 2.20. The summed E-state index contributed by atoms with van der Waals surface area (Å²) in [7, 11) is 0. The van der Waals surface area contributed by atoms with Gasteiger partial charge in [0, 0.05) is 6.54 Å². The first-order valence-corrected chi connectivity index (χ1v) is 5.00. The van der Waals surface area contributed by atoms with E-state index in [9.17, 15) is 18.4 Å². The third-order valence-corrected chi connectivity index (χ3v) is 2.16. The van der Waals surface area contributed by atoms with Crippen LogP contribution < -0.4 is 5.32 Å². The summed E-state index contributed by atoms with van der Waals surface area (Å²) in [6, 6.07) is 5.37. The zero-order chi connectivity index (χ0) is 13.7. The minimum absolute atomic E-state index is 0.147. The van der Waals surface area contributed by atoms with Crippen molar-refractivity contribution < 1.29 is 28.6 Å². The normalized spacial score (nSPS) is 12.2. The molecule has 3 N–H and O–H groups in total. The van der Waals surface area contributed by atoms with E-state index in [-0.39, 0.29) is 11.1 Å². The molecule has 1 amide bonds. The Morgan fingerprint density at radius 2 is 1.78 bits per heavy atom. The van der Waals surface area contributed by atoms with Gasteiger partial charge in [-0.25, -0.2) is 13.6 Å². The van der Waals surface area contributed by atoms with Crippen molar-refractivity contribution in [1.29, 1.82) is 0 Å². The summed E-state index contributed by atoms with van der Waals surface area (Å²) in [4.78, 5) is 22.4. The standard InChI is InChI=1S/C11H11F2NO4/c12-9(13)8(15)5-14-10(16)6-3-1-2-4-7(6)11(17)18/h1-4,8-9,15H,5H2,(H,14,16)(H,17,18). The maximum Gasteiger partial charge on any atom is 0.336 e. The molecule has 5 nitrogen and oxygen atoms in total. The highest BCUT2D eigenvalue weighted by Crippen LogP contribution is 2.09. The molecule has 0 aliphatic carbocycles. The van der Waals surface area contributed by atoms with Crippen molar-refractivity contribution in [1.82, 2.24) is 5.32 Å². The fraction of sp³-hybridized carbons (Fsp3) is 0.273. The second-order valence-electron chi connectivity index (χ2n) is 3.46. The van der Waals surface area contributed by atoms with E-state index in [2.05, 4.69) is 0 Å². The predicted molar refractivity (Wildman–Crippen MR) is 57.7 cm³/mol. The molecule has 1 aromatic rings. The molecule has 0 saturated carbocycles. The summed E-state index contributed by atoms with van der Waals surface area (Å²) in [5, 5.41) is 19.7. The van der Waals surface area contributed by atoms with Gasteiger partial charge in [-0.15, -0.1) is 0 Å². The Kier molecular flexibility index (Phi) is 4.73. The number of aliphatic hydroxyl groups excluding tert-OH is 1. The molecule has 0 fully saturated rings. The summed E-state index contributed by atoms with van der Waals surface area (Å²) in [5.74, 6) is -2.12. The predicted octanol–water partition coefficient (Wildman–Crippen LogP) is 0.741. The Bertz CT molecular complexity index is 450. The average molecular weight is 259 g/mol. The second kappa shape index (κ2) is 6.06. The number of aromatic carboxylic acids is 1. The fourth-order valence-corrected chi connectivity index (χ4v) is 1.25. The first-order chi connectivity index (χ1) is 8.43. The van der Waals surface area contributed by atoms with Gasteiger partial charge in [0.15, 0.2) is 0 Å². The minimum Gasteiger partial charge on any atom is -0.478 e. The Hall–Kier alpha value is -2.02. The van der Waals surface area contributed by atoms with Crippen LogP contribution >= 0.6 is 0 Å². The molecular weight excluding hydrogens is 248 g/mol. The third-order valence-electron chi connectivity index (χ3n) is 2.16. The molecule has 0 saturated heterocycles. The summed E-state index contributed by atoms with van der Waals surface area (Å²) in [6.07, 6.45) is -4.95. The van der Waals surface area contributed by atoms with Gasteiger partial charge < -0.3 is 15.5 Å². The zero-order valence-corrected chi connectivity index (χ0v) is 9.14. The van der Waals surface area contributed by atoms with Gasteiger partial charge in [-0.2, -0.15) is 0 Å². The number of carboxylic acids is 1. The second-order valence-corrected chi connectivity index (χ2v) is 3.46. The van der Waals surface area contributed by atoms with Crippen molar-refractivity contribution in [2.45, 2.75) is 12.5 Å². The quantitative estimate of drug-likeness (QED) is 0.728. The maximum absolute atomic E-state index is 12.0. The first kappa shape index (κ1) is 14.0. The lowest BCUT2D eigenvalue weighted by Crippen LogP contribution is -2.36. The highest BCUT2D eigenvalue weighted by molar-refractivity contribution is 6.04. The molecule has 0 radical (unpaired) electrons. The number of aliphatic hydroxyl groups is 1. The number of hydrogen-bond acceptors (Lipinski definition) is 3. The molecule has 0 spiro atoms. The number of nitrogens with one attached hydrogen (secondary N) is 1. The van der Waals surface area contributed by atoms with Gasteiger partial charge in [0.2, 0.25) is 0 Å². The van der Waals surface area contributed by atoms with E-state index in [1.165, 1.54) is 24.3 Å². The Balaban J connectivity index is 2.76. The van der Waals surface area contributed by atoms with Crippen molar-refractivity contribution in [3.8, 4) is 0 Å². The van der Waals surface area contributed by atoms with Crippen LogP contribution in [0.3, 0.4) is 0 Å². The number of hydrogen-bond donors (Lipinski definition) is 3.